The Hall–Kier alpha value is -2.44. The van der Waals surface area contributed by atoms with Gasteiger partial charge >= 0.3 is 0 Å². The van der Waals surface area contributed by atoms with Crippen LogP contribution < -0.4 is 10.5 Å². The summed E-state index contributed by atoms with van der Waals surface area (Å²) in [7, 11) is 0. The molecule has 0 radical (unpaired) electrons. The largest absolute Gasteiger partial charge is 0.360 e. The van der Waals surface area contributed by atoms with Gasteiger partial charge in [-0.2, -0.15) is 0 Å². The summed E-state index contributed by atoms with van der Waals surface area (Å²) in [6.07, 6.45) is 1.74. The molecular formula is C20H16BrN3OS. The Kier molecular flexibility index (Phi) is 4.86. The van der Waals surface area contributed by atoms with Gasteiger partial charge in [-0.25, -0.2) is 4.98 Å². The molecule has 0 saturated heterocycles. The third kappa shape index (κ3) is 3.71. The Morgan fingerprint density at radius 1 is 1.04 bits per heavy atom. The molecule has 0 amide bonds. The first kappa shape index (κ1) is 17.0. The van der Waals surface area contributed by atoms with Crippen LogP contribution in [0.25, 0.3) is 5.65 Å². The van der Waals surface area contributed by atoms with Crippen LogP contribution in [0.4, 0.5) is 5.69 Å². The summed E-state index contributed by atoms with van der Waals surface area (Å²) >= 11 is 5.21. The molecule has 4 aromatic rings. The van der Waals surface area contributed by atoms with Gasteiger partial charge in [0.25, 0.3) is 5.56 Å². The first-order chi connectivity index (χ1) is 12.7. The minimum absolute atomic E-state index is 0.0579. The number of aromatic nitrogens is 2. The molecule has 3 heterocycles. The number of hydrogen-bond acceptors (Lipinski definition) is 4. The normalized spacial score (nSPS) is 11.0. The molecule has 4 nitrogen and oxygen atoms in total. The lowest BCUT2D eigenvalue weighted by Crippen LogP contribution is -2.24. The van der Waals surface area contributed by atoms with Gasteiger partial charge in [0.1, 0.15) is 5.65 Å². The molecule has 0 aliphatic carbocycles. The van der Waals surface area contributed by atoms with Gasteiger partial charge in [-0.3, -0.25) is 9.20 Å². The van der Waals surface area contributed by atoms with Gasteiger partial charge in [0.15, 0.2) is 0 Å². The minimum Gasteiger partial charge on any atom is -0.360 e. The molecule has 6 heteroatoms. The van der Waals surface area contributed by atoms with Gasteiger partial charge in [0, 0.05) is 27.3 Å². The zero-order valence-electron chi connectivity index (χ0n) is 13.9. The van der Waals surface area contributed by atoms with Crippen LogP contribution in [0.5, 0.6) is 0 Å². The molecule has 26 heavy (non-hydrogen) atoms. The van der Waals surface area contributed by atoms with Gasteiger partial charge in [0.2, 0.25) is 0 Å². The summed E-state index contributed by atoms with van der Waals surface area (Å²) in [6.45, 7) is 1.34. The molecule has 0 saturated carbocycles. The SMILES string of the molecule is O=c1cc(CN(Cc2cccs2)c2ccc(Br)cc2)nc2ccccn12. The highest BCUT2D eigenvalue weighted by Gasteiger charge is 2.12. The van der Waals surface area contributed by atoms with Crippen LogP contribution in [-0.2, 0) is 13.1 Å². The second kappa shape index (κ2) is 7.43. The van der Waals surface area contributed by atoms with Crippen molar-refractivity contribution in [3.63, 3.8) is 0 Å². The summed E-state index contributed by atoms with van der Waals surface area (Å²) in [5.41, 5.74) is 2.47. The molecule has 0 aliphatic heterocycles. The lowest BCUT2D eigenvalue weighted by atomic mass is 10.2. The van der Waals surface area contributed by atoms with Crippen molar-refractivity contribution in [2.75, 3.05) is 4.90 Å². The summed E-state index contributed by atoms with van der Waals surface area (Å²) in [6, 6.07) is 19.6. The van der Waals surface area contributed by atoms with Gasteiger partial charge in [-0.1, -0.05) is 28.1 Å². The highest BCUT2D eigenvalue weighted by Crippen LogP contribution is 2.23. The van der Waals surface area contributed by atoms with E-state index in [1.54, 1.807) is 28.0 Å². The van der Waals surface area contributed by atoms with Crippen molar-refractivity contribution in [3.05, 3.63) is 97.6 Å². The highest BCUT2D eigenvalue weighted by atomic mass is 79.9. The van der Waals surface area contributed by atoms with Crippen molar-refractivity contribution in [1.29, 1.82) is 0 Å². The van der Waals surface area contributed by atoms with E-state index in [1.807, 2.05) is 30.3 Å². The van der Waals surface area contributed by atoms with Crippen LogP contribution in [0, 0.1) is 0 Å². The fourth-order valence-electron chi connectivity index (χ4n) is 2.86. The maximum atomic E-state index is 12.4. The monoisotopic (exact) mass is 425 g/mol. The molecule has 0 bridgehead atoms. The molecule has 1 aromatic carbocycles. The van der Waals surface area contributed by atoms with Crippen molar-refractivity contribution in [2.45, 2.75) is 13.1 Å². The van der Waals surface area contributed by atoms with Gasteiger partial charge < -0.3 is 4.90 Å². The number of rotatable bonds is 5. The van der Waals surface area contributed by atoms with E-state index in [0.717, 1.165) is 22.4 Å². The zero-order valence-corrected chi connectivity index (χ0v) is 16.3. The van der Waals surface area contributed by atoms with Crippen LogP contribution in [-0.4, -0.2) is 9.38 Å². The van der Waals surface area contributed by atoms with E-state index >= 15 is 0 Å². The van der Waals surface area contributed by atoms with E-state index in [1.165, 1.54) is 4.88 Å². The zero-order chi connectivity index (χ0) is 17.9. The van der Waals surface area contributed by atoms with Crippen LogP contribution in [0.2, 0.25) is 0 Å². The predicted octanol–water partition coefficient (Wildman–Crippen LogP) is 4.73. The highest BCUT2D eigenvalue weighted by molar-refractivity contribution is 9.10. The number of hydrogen-bond donors (Lipinski definition) is 0. The summed E-state index contributed by atoms with van der Waals surface area (Å²) in [5, 5.41) is 2.08. The van der Waals surface area contributed by atoms with Crippen LogP contribution in [0.1, 0.15) is 10.6 Å². The number of thiophene rings is 1. The molecule has 0 aliphatic rings. The molecule has 4 rings (SSSR count). The van der Waals surface area contributed by atoms with E-state index in [-0.39, 0.29) is 5.56 Å². The minimum atomic E-state index is -0.0579. The molecule has 0 unspecified atom stereocenters. The van der Waals surface area contributed by atoms with Crippen molar-refractivity contribution in [1.82, 2.24) is 9.38 Å². The third-order valence-corrected chi connectivity index (χ3v) is 5.49. The Balaban J connectivity index is 1.70. The van der Waals surface area contributed by atoms with Gasteiger partial charge in [-0.15, -0.1) is 11.3 Å². The van der Waals surface area contributed by atoms with Crippen LogP contribution >= 0.6 is 27.3 Å². The van der Waals surface area contributed by atoms with E-state index in [4.69, 9.17) is 0 Å². The first-order valence-electron chi connectivity index (χ1n) is 8.19. The Bertz CT molecular complexity index is 1070. The molecule has 0 spiro atoms. The van der Waals surface area contributed by atoms with Crippen molar-refractivity contribution >= 4 is 38.6 Å². The maximum absolute atomic E-state index is 12.4. The number of anilines is 1. The lowest BCUT2D eigenvalue weighted by Gasteiger charge is -2.24. The summed E-state index contributed by atoms with van der Waals surface area (Å²) < 4.78 is 2.60. The first-order valence-corrected chi connectivity index (χ1v) is 9.86. The van der Waals surface area contributed by atoms with E-state index in [0.29, 0.717) is 12.2 Å². The van der Waals surface area contributed by atoms with Crippen molar-refractivity contribution in [3.8, 4) is 0 Å². The van der Waals surface area contributed by atoms with E-state index < -0.39 is 0 Å². The average molecular weight is 426 g/mol. The maximum Gasteiger partial charge on any atom is 0.258 e. The Labute approximate surface area is 163 Å². The Morgan fingerprint density at radius 2 is 1.88 bits per heavy atom. The van der Waals surface area contributed by atoms with Gasteiger partial charge in [-0.05, 0) is 47.8 Å². The number of halogens is 1. The van der Waals surface area contributed by atoms with E-state index in [2.05, 4.69) is 55.5 Å². The lowest BCUT2D eigenvalue weighted by molar-refractivity contribution is 0.784. The Morgan fingerprint density at radius 3 is 2.65 bits per heavy atom. The fourth-order valence-corrected chi connectivity index (χ4v) is 3.84. The smallest absolute Gasteiger partial charge is 0.258 e. The summed E-state index contributed by atoms with van der Waals surface area (Å²) in [4.78, 5) is 20.5. The number of pyridine rings is 1. The summed E-state index contributed by atoms with van der Waals surface area (Å²) in [5.74, 6) is 0. The predicted molar refractivity (Wildman–Crippen MR) is 110 cm³/mol. The van der Waals surface area contributed by atoms with E-state index in [9.17, 15) is 4.79 Å². The number of fused-ring (bicyclic) bond motifs is 1. The van der Waals surface area contributed by atoms with Crippen LogP contribution in [0.15, 0.2) is 81.5 Å². The standard InChI is InChI=1S/C20H16BrN3OS/c21-15-6-8-17(9-7-15)23(14-18-4-3-11-26-18)13-16-12-20(25)24-10-2-1-5-19(24)22-16/h1-12H,13-14H2. The topological polar surface area (TPSA) is 37.6 Å². The molecule has 3 aromatic heterocycles. The fraction of sp³-hybridized carbons (Fsp3) is 0.100. The second-order valence-electron chi connectivity index (χ2n) is 5.93. The molecule has 0 fully saturated rings. The second-order valence-corrected chi connectivity index (χ2v) is 7.87. The van der Waals surface area contributed by atoms with Crippen molar-refractivity contribution in [2.24, 2.45) is 0 Å². The third-order valence-electron chi connectivity index (χ3n) is 4.10. The van der Waals surface area contributed by atoms with Crippen molar-refractivity contribution < 1.29 is 0 Å². The number of benzene rings is 1. The quantitative estimate of drug-likeness (QED) is 0.463. The number of nitrogens with zero attached hydrogens (tertiary/aromatic N) is 3. The molecule has 0 N–H and O–H groups in total. The molecular weight excluding hydrogens is 410 g/mol. The van der Waals surface area contributed by atoms with Crippen LogP contribution in [0.3, 0.4) is 0 Å². The molecule has 0 atom stereocenters. The average Bonchev–Trinajstić information content (AvgIpc) is 3.15. The van der Waals surface area contributed by atoms with Gasteiger partial charge in [0.05, 0.1) is 18.8 Å². The molecule has 130 valence electrons.